The highest BCUT2D eigenvalue weighted by Crippen LogP contribution is 2.16. The van der Waals surface area contributed by atoms with Gasteiger partial charge in [-0.2, -0.15) is 0 Å². The molecule has 60 valence electrons. The van der Waals surface area contributed by atoms with Gasteiger partial charge in [-0.05, 0) is 0 Å². The van der Waals surface area contributed by atoms with Gasteiger partial charge in [0.1, 0.15) is 12.4 Å². The molecule has 0 aromatic heterocycles. The number of nitrogens with one attached hydrogen (secondary N) is 1. The predicted molar refractivity (Wildman–Crippen MR) is 34.6 cm³/mol. The second kappa shape index (κ2) is 1.83. The molecule has 4 N–H and O–H groups in total. The first kappa shape index (κ1) is 6.38. The van der Waals surface area contributed by atoms with Crippen LogP contribution in [0.5, 0.6) is 0 Å². The first-order chi connectivity index (χ1) is 5.20. The van der Waals surface area contributed by atoms with Crippen LogP contribution < -0.4 is 5.73 Å². The number of hydrazone groups is 1. The minimum atomic E-state index is -0.819. The van der Waals surface area contributed by atoms with E-state index in [0.717, 1.165) is 0 Å². The molecule has 0 amide bonds. The van der Waals surface area contributed by atoms with Crippen molar-refractivity contribution in [2.24, 2.45) is 10.8 Å². The van der Waals surface area contributed by atoms with Gasteiger partial charge in [0.25, 0.3) is 0 Å². The third-order valence-electron chi connectivity index (χ3n) is 1.52. The average Bonchev–Trinajstić information content (AvgIpc) is 2.41. The number of nitrogens with two attached hydrogens (primary N) is 1. The molecule has 0 saturated carbocycles. The molecular formula is C4H7N5O2. The highest BCUT2D eigenvalue weighted by molar-refractivity contribution is 6.02. The van der Waals surface area contributed by atoms with E-state index in [1.54, 1.807) is 0 Å². The van der Waals surface area contributed by atoms with Crippen LogP contribution in [0.2, 0.25) is 0 Å². The van der Waals surface area contributed by atoms with E-state index in [1.807, 2.05) is 0 Å². The predicted octanol–water partition coefficient (Wildman–Crippen LogP) is -1.49. The molecule has 0 aromatic carbocycles. The summed E-state index contributed by atoms with van der Waals surface area (Å²) in [6, 6.07) is 0.185. The summed E-state index contributed by atoms with van der Waals surface area (Å²) in [5.74, 6) is 0.202. The van der Waals surface area contributed by atoms with Gasteiger partial charge in [-0.25, -0.2) is 4.90 Å². The summed E-state index contributed by atoms with van der Waals surface area (Å²) in [7, 11) is 0. The molecule has 0 radical (unpaired) electrons. The van der Waals surface area contributed by atoms with Crippen molar-refractivity contribution in [1.29, 1.82) is 5.41 Å². The zero-order valence-corrected chi connectivity index (χ0v) is 5.56. The van der Waals surface area contributed by atoms with Crippen LogP contribution in [0.1, 0.15) is 0 Å². The molecule has 7 nitrogen and oxygen atoms in total. The Bertz CT molecular complexity index is 239. The molecule has 2 aliphatic heterocycles. The quantitative estimate of drug-likeness (QED) is 0.398. The fourth-order valence-electron chi connectivity index (χ4n) is 0.987. The molecule has 1 unspecified atom stereocenters. The van der Waals surface area contributed by atoms with Crippen molar-refractivity contribution in [2.75, 3.05) is 6.61 Å². The Morgan fingerprint density at radius 2 is 2.55 bits per heavy atom. The van der Waals surface area contributed by atoms with E-state index in [2.05, 4.69) is 5.10 Å². The van der Waals surface area contributed by atoms with Crippen LogP contribution >= 0.6 is 0 Å². The number of fused-ring (bicyclic) bond motifs is 1. The second-order valence-corrected chi connectivity index (χ2v) is 2.22. The summed E-state index contributed by atoms with van der Waals surface area (Å²) in [4.78, 5) is 1.31. The van der Waals surface area contributed by atoms with Gasteiger partial charge < -0.3 is 4.74 Å². The van der Waals surface area contributed by atoms with E-state index in [-0.39, 0.29) is 18.5 Å². The third kappa shape index (κ3) is 0.686. The maximum Gasteiger partial charge on any atom is 0.320 e. The van der Waals surface area contributed by atoms with Crippen LogP contribution in [0.15, 0.2) is 5.10 Å². The number of rotatable bonds is 0. The Morgan fingerprint density at radius 1 is 1.82 bits per heavy atom. The fourth-order valence-corrected chi connectivity index (χ4v) is 0.987. The summed E-state index contributed by atoms with van der Waals surface area (Å²) < 4.78 is 4.90. The average molecular weight is 157 g/mol. The molecule has 2 rings (SSSR count). The molecule has 0 bridgehead atoms. The smallest absolute Gasteiger partial charge is 0.320 e. The molecule has 2 aliphatic rings. The van der Waals surface area contributed by atoms with Gasteiger partial charge in [-0.1, -0.05) is 5.10 Å². The van der Waals surface area contributed by atoms with Gasteiger partial charge in [-0.15, -0.1) is 5.17 Å². The molecular weight excluding hydrogens is 150 g/mol. The Hall–Kier alpha value is -1.34. The summed E-state index contributed by atoms with van der Waals surface area (Å²) in [6.45, 7) is 0.167. The number of hydroxylamine groups is 1. The van der Waals surface area contributed by atoms with Crippen molar-refractivity contribution in [3.8, 4) is 0 Å². The Kier molecular flexibility index (Phi) is 1.06. The Morgan fingerprint density at radius 3 is 3.18 bits per heavy atom. The zero-order valence-electron chi connectivity index (χ0n) is 5.56. The maximum absolute atomic E-state index is 8.92. The van der Waals surface area contributed by atoms with Crippen LogP contribution in [-0.2, 0) is 4.74 Å². The maximum atomic E-state index is 8.92. The van der Waals surface area contributed by atoms with Gasteiger partial charge >= 0.3 is 6.02 Å². The van der Waals surface area contributed by atoms with E-state index >= 15 is 0 Å². The lowest BCUT2D eigenvalue weighted by Crippen LogP contribution is -2.47. The van der Waals surface area contributed by atoms with Gasteiger partial charge in [0.15, 0.2) is 0 Å². The van der Waals surface area contributed by atoms with Gasteiger partial charge in [0, 0.05) is 0 Å². The van der Waals surface area contributed by atoms with E-state index in [4.69, 9.17) is 21.1 Å². The molecule has 0 aromatic rings. The molecule has 1 saturated heterocycles. The second-order valence-electron chi connectivity index (χ2n) is 2.22. The largest absolute Gasteiger partial charge is 0.455 e. The highest BCUT2D eigenvalue weighted by Gasteiger charge is 2.39. The Labute approximate surface area is 62.1 Å². The molecule has 11 heavy (non-hydrogen) atoms. The van der Waals surface area contributed by atoms with Gasteiger partial charge in [0.2, 0.25) is 6.29 Å². The molecule has 2 heterocycles. The molecule has 0 aliphatic carbocycles. The van der Waals surface area contributed by atoms with Crippen LogP contribution in [0.3, 0.4) is 0 Å². The molecule has 7 heteroatoms. The molecule has 1 atom stereocenters. The van der Waals surface area contributed by atoms with Crippen LogP contribution in [0.4, 0.5) is 0 Å². The number of ether oxygens (including phenoxy) is 1. The number of nitrogens with zero attached hydrogens (tertiary/aromatic N) is 3. The monoisotopic (exact) mass is 157 g/mol. The van der Waals surface area contributed by atoms with Crippen molar-refractivity contribution in [1.82, 2.24) is 10.1 Å². The zero-order chi connectivity index (χ0) is 8.01. The molecule has 1 fully saturated rings. The summed E-state index contributed by atoms with van der Waals surface area (Å²) >= 11 is 0. The minimum Gasteiger partial charge on any atom is -0.455 e. The SMILES string of the molecule is N=C1COC2=NN(O)C(N)N12. The molecule has 0 spiro atoms. The summed E-state index contributed by atoms with van der Waals surface area (Å²) in [6.07, 6.45) is -0.819. The summed E-state index contributed by atoms with van der Waals surface area (Å²) in [5.41, 5.74) is 5.42. The van der Waals surface area contributed by atoms with Crippen molar-refractivity contribution in [3.05, 3.63) is 0 Å². The number of hydrogen-bond donors (Lipinski definition) is 3. The summed E-state index contributed by atoms with van der Waals surface area (Å²) in [5, 5.41) is 20.3. The minimum absolute atomic E-state index is 0.167. The first-order valence-electron chi connectivity index (χ1n) is 3.02. The van der Waals surface area contributed by atoms with E-state index < -0.39 is 6.29 Å². The highest BCUT2D eigenvalue weighted by atomic mass is 16.6. The standard InChI is InChI=1S/C4H7N5O2/c5-2-1-11-4-7-9(10)3(6)8(2)4/h3,5,10H,1,6H2. The fraction of sp³-hybridized carbons (Fsp3) is 0.500. The van der Waals surface area contributed by atoms with Crippen LogP contribution in [0, 0.1) is 5.41 Å². The van der Waals surface area contributed by atoms with Gasteiger partial charge in [-0.3, -0.25) is 16.4 Å². The first-order valence-corrected chi connectivity index (χ1v) is 3.02. The van der Waals surface area contributed by atoms with Crippen molar-refractivity contribution >= 4 is 11.9 Å². The van der Waals surface area contributed by atoms with E-state index in [9.17, 15) is 0 Å². The van der Waals surface area contributed by atoms with E-state index in [1.165, 1.54) is 4.90 Å². The number of amidine groups is 2. The lowest BCUT2D eigenvalue weighted by molar-refractivity contribution is -0.131. The van der Waals surface area contributed by atoms with Gasteiger partial charge in [0.05, 0.1) is 0 Å². The third-order valence-corrected chi connectivity index (χ3v) is 1.52. The van der Waals surface area contributed by atoms with E-state index in [0.29, 0.717) is 5.17 Å². The lowest BCUT2D eigenvalue weighted by atomic mass is 10.5. The van der Waals surface area contributed by atoms with Crippen molar-refractivity contribution in [3.63, 3.8) is 0 Å². The van der Waals surface area contributed by atoms with Crippen LogP contribution in [0.25, 0.3) is 0 Å². The topological polar surface area (TPSA) is 98.2 Å². The van der Waals surface area contributed by atoms with Crippen molar-refractivity contribution < 1.29 is 9.94 Å². The number of hydrogen-bond acceptors (Lipinski definition) is 6. The lowest BCUT2D eigenvalue weighted by Gasteiger charge is -2.18. The van der Waals surface area contributed by atoms with Crippen LogP contribution in [-0.4, -0.2) is 40.0 Å². The Balaban J connectivity index is 2.31. The van der Waals surface area contributed by atoms with Crippen molar-refractivity contribution in [2.45, 2.75) is 6.29 Å². The normalized spacial score (nSPS) is 28.7.